The molecule has 0 saturated carbocycles. The van der Waals surface area contributed by atoms with Crippen LogP contribution < -0.4 is 10.6 Å². The maximum absolute atomic E-state index is 11.3. The standard InChI is InChI=1S/C10H16N4O.ClH/c1-11-10(15)9-4-7-14(13-9)8-2-5-12-6-3-8;/h4,7-8,12H,2-3,5-6H2,1H3,(H,11,15);1H. The van der Waals surface area contributed by atoms with E-state index in [0.29, 0.717) is 11.7 Å². The van der Waals surface area contributed by atoms with Crippen molar-refractivity contribution in [3.63, 3.8) is 0 Å². The fourth-order valence-electron chi connectivity index (χ4n) is 1.86. The zero-order valence-electron chi connectivity index (χ0n) is 9.27. The van der Waals surface area contributed by atoms with Gasteiger partial charge in [-0.25, -0.2) is 0 Å². The van der Waals surface area contributed by atoms with Crippen LogP contribution in [0.25, 0.3) is 0 Å². The van der Waals surface area contributed by atoms with Crippen LogP contribution in [0.1, 0.15) is 29.4 Å². The monoisotopic (exact) mass is 244 g/mol. The molecule has 0 bridgehead atoms. The van der Waals surface area contributed by atoms with Crippen LogP contribution in [0.5, 0.6) is 0 Å². The van der Waals surface area contributed by atoms with Crippen LogP contribution in [0.2, 0.25) is 0 Å². The third kappa shape index (κ3) is 2.74. The molecular formula is C10H17ClN4O. The number of nitrogens with one attached hydrogen (secondary N) is 2. The van der Waals surface area contributed by atoms with Gasteiger partial charge < -0.3 is 10.6 Å². The number of hydrogen-bond acceptors (Lipinski definition) is 3. The van der Waals surface area contributed by atoms with Crippen molar-refractivity contribution in [3.05, 3.63) is 18.0 Å². The number of carbonyl (C=O) groups excluding carboxylic acids is 1. The van der Waals surface area contributed by atoms with Crippen molar-refractivity contribution in [1.29, 1.82) is 0 Å². The second-order valence-corrected chi connectivity index (χ2v) is 3.74. The van der Waals surface area contributed by atoms with Crippen molar-refractivity contribution in [1.82, 2.24) is 20.4 Å². The maximum Gasteiger partial charge on any atom is 0.271 e. The SMILES string of the molecule is CNC(=O)c1ccn(C2CCNCC2)n1.Cl. The smallest absolute Gasteiger partial charge is 0.271 e. The summed E-state index contributed by atoms with van der Waals surface area (Å²) in [7, 11) is 1.62. The van der Waals surface area contributed by atoms with Crippen LogP contribution in [0.15, 0.2) is 12.3 Å². The normalized spacial score (nSPS) is 16.6. The van der Waals surface area contributed by atoms with Crippen LogP contribution in [0.4, 0.5) is 0 Å². The number of rotatable bonds is 2. The first-order chi connectivity index (χ1) is 7.31. The minimum Gasteiger partial charge on any atom is -0.354 e. The minimum atomic E-state index is -0.123. The Hall–Kier alpha value is -1.07. The molecule has 6 heteroatoms. The second-order valence-electron chi connectivity index (χ2n) is 3.74. The number of amides is 1. The summed E-state index contributed by atoms with van der Waals surface area (Å²) in [5.41, 5.74) is 0.496. The number of carbonyl (C=O) groups is 1. The van der Waals surface area contributed by atoms with Gasteiger partial charge in [-0.2, -0.15) is 5.10 Å². The van der Waals surface area contributed by atoms with Crippen molar-refractivity contribution in [2.45, 2.75) is 18.9 Å². The lowest BCUT2D eigenvalue weighted by Crippen LogP contribution is -2.30. The van der Waals surface area contributed by atoms with Crippen molar-refractivity contribution in [2.24, 2.45) is 0 Å². The van der Waals surface area contributed by atoms with Crippen LogP contribution in [-0.2, 0) is 0 Å². The van der Waals surface area contributed by atoms with Crippen LogP contribution in [0.3, 0.4) is 0 Å². The molecule has 1 fully saturated rings. The van der Waals surface area contributed by atoms with E-state index in [1.54, 1.807) is 13.1 Å². The fraction of sp³-hybridized carbons (Fsp3) is 0.600. The van der Waals surface area contributed by atoms with Gasteiger partial charge in [0.15, 0.2) is 0 Å². The van der Waals surface area contributed by atoms with Gasteiger partial charge in [0, 0.05) is 13.2 Å². The molecule has 1 amide bonds. The van der Waals surface area contributed by atoms with Crippen LogP contribution >= 0.6 is 12.4 Å². The Bertz CT molecular complexity index is 346. The summed E-state index contributed by atoms with van der Waals surface area (Å²) in [5, 5.41) is 10.2. The molecular weight excluding hydrogens is 228 g/mol. The van der Waals surface area contributed by atoms with E-state index < -0.39 is 0 Å². The summed E-state index contributed by atoms with van der Waals surface area (Å²) in [4.78, 5) is 11.3. The molecule has 0 unspecified atom stereocenters. The lowest BCUT2D eigenvalue weighted by atomic mass is 10.1. The second kappa shape index (κ2) is 5.86. The van der Waals surface area contributed by atoms with Gasteiger partial charge in [-0.3, -0.25) is 9.48 Å². The molecule has 1 saturated heterocycles. The third-order valence-corrected chi connectivity index (χ3v) is 2.75. The Labute approximate surface area is 101 Å². The summed E-state index contributed by atoms with van der Waals surface area (Å²) in [6.45, 7) is 2.06. The van der Waals surface area contributed by atoms with Crippen LogP contribution in [-0.4, -0.2) is 35.8 Å². The molecule has 0 atom stereocenters. The zero-order valence-corrected chi connectivity index (χ0v) is 10.1. The molecule has 2 N–H and O–H groups in total. The summed E-state index contributed by atoms with van der Waals surface area (Å²) in [5.74, 6) is -0.123. The van der Waals surface area contributed by atoms with Crippen molar-refractivity contribution >= 4 is 18.3 Å². The van der Waals surface area contributed by atoms with E-state index in [2.05, 4.69) is 15.7 Å². The Morgan fingerprint density at radius 3 is 2.88 bits per heavy atom. The minimum absolute atomic E-state index is 0. The number of nitrogens with zero attached hydrogens (tertiary/aromatic N) is 2. The average molecular weight is 245 g/mol. The number of piperidine rings is 1. The molecule has 90 valence electrons. The molecule has 5 nitrogen and oxygen atoms in total. The molecule has 1 aliphatic heterocycles. The predicted molar refractivity (Wildman–Crippen MR) is 64.0 cm³/mol. The molecule has 0 spiro atoms. The van der Waals surface area contributed by atoms with E-state index in [1.807, 2.05) is 10.9 Å². The maximum atomic E-state index is 11.3. The number of halogens is 1. The third-order valence-electron chi connectivity index (χ3n) is 2.75. The predicted octanol–water partition coefficient (Wildman–Crippen LogP) is 0.589. The topological polar surface area (TPSA) is 59.0 Å². The molecule has 2 heterocycles. The Balaban J connectivity index is 0.00000128. The first-order valence-electron chi connectivity index (χ1n) is 5.29. The highest BCUT2D eigenvalue weighted by atomic mass is 35.5. The van der Waals surface area contributed by atoms with Crippen molar-refractivity contribution < 1.29 is 4.79 Å². The molecule has 1 aliphatic rings. The first kappa shape index (κ1) is 13.0. The Morgan fingerprint density at radius 1 is 1.56 bits per heavy atom. The highest BCUT2D eigenvalue weighted by Crippen LogP contribution is 2.17. The Kier molecular flexibility index (Phi) is 4.76. The van der Waals surface area contributed by atoms with Gasteiger partial charge in [0.05, 0.1) is 6.04 Å². The highest BCUT2D eigenvalue weighted by molar-refractivity contribution is 5.91. The Morgan fingerprint density at radius 2 is 2.25 bits per heavy atom. The summed E-state index contributed by atoms with van der Waals surface area (Å²) in [6.07, 6.45) is 4.05. The van der Waals surface area contributed by atoms with E-state index in [9.17, 15) is 4.79 Å². The summed E-state index contributed by atoms with van der Waals surface area (Å²) in [6, 6.07) is 2.20. The summed E-state index contributed by atoms with van der Waals surface area (Å²) >= 11 is 0. The van der Waals surface area contributed by atoms with Gasteiger partial charge >= 0.3 is 0 Å². The molecule has 0 aliphatic carbocycles. The highest BCUT2D eigenvalue weighted by Gasteiger charge is 2.16. The molecule has 1 aromatic rings. The van der Waals surface area contributed by atoms with Gasteiger partial charge in [0.1, 0.15) is 5.69 Å². The van der Waals surface area contributed by atoms with Crippen molar-refractivity contribution in [3.8, 4) is 0 Å². The van der Waals surface area contributed by atoms with E-state index in [1.165, 1.54) is 0 Å². The van der Waals surface area contributed by atoms with Gasteiger partial charge in [-0.05, 0) is 32.0 Å². The molecule has 16 heavy (non-hydrogen) atoms. The molecule has 0 aromatic carbocycles. The molecule has 1 aromatic heterocycles. The average Bonchev–Trinajstić information content (AvgIpc) is 2.78. The number of aromatic nitrogens is 2. The zero-order chi connectivity index (χ0) is 10.7. The fourth-order valence-corrected chi connectivity index (χ4v) is 1.86. The lowest BCUT2D eigenvalue weighted by molar-refractivity contribution is 0.0957. The van der Waals surface area contributed by atoms with E-state index >= 15 is 0 Å². The van der Waals surface area contributed by atoms with Gasteiger partial charge in [0.2, 0.25) is 0 Å². The van der Waals surface area contributed by atoms with Gasteiger partial charge in [0.25, 0.3) is 5.91 Å². The van der Waals surface area contributed by atoms with E-state index in [4.69, 9.17) is 0 Å². The first-order valence-corrected chi connectivity index (χ1v) is 5.29. The number of hydrogen-bond donors (Lipinski definition) is 2. The summed E-state index contributed by atoms with van der Waals surface area (Å²) < 4.78 is 1.91. The van der Waals surface area contributed by atoms with Gasteiger partial charge in [-0.15, -0.1) is 12.4 Å². The molecule has 2 rings (SSSR count). The van der Waals surface area contributed by atoms with Gasteiger partial charge in [-0.1, -0.05) is 0 Å². The van der Waals surface area contributed by atoms with E-state index in [0.717, 1.165) is 25.9 Å². The largest absolute Gasteiger partial charge is 0.354 e. The lowest BCUT2D eigenvalue weighted by Gasteiger charge is -2.22. The molecule has 0 radical (unpaired) electrons. The quantitative estimate of drug-likeness (QED) is 0.801. The van der Waals surface area contributed by atoms with Crippen LogP contribution in [0, 0.1) is 0 Å². The van der Waals surface area contributed by atoms with Crippen molar-refractivity contribution in [2.75, 3.05) is 20.1 Å². The van der Waals surface area contributed by atoms with E-state index in [-0.39, 0.29) is 18.3 Å².